The number of rotatable bonds is 3. The van der Waals surface area contributed by atoms with Crippen LogP contribution >= 0.6 is 0 Å². The van der Waals surface area contributed by atoms with Gasteiger partial charge in [-0.3, -0.25) is 9.59 Å². The number of anilines is 2. The first kappa shape index (κ1) is 15.6. The Bertz CT molecular complexity index is 975. The number of nitrogens with zero attached hydrogens (tertiary/aromatic N) is 1. The Morgan fingerprint density at radius 2 is 1.92 bits per heavy atom. The molecule has 6 heteroatoms. The lowest BCUT2D eigenvalue weighted by atomic mass is 10.1. The van der Waals surface area contributed by atoms with Crippen LogP contribution in [0.1, 0.15) is 17.3 Å². The Labute approximate surface area is 138 Å². The van der Waals surface area contributed by atoms with E-state index in [-0.39, 0.29) is 16.9 Å². The lowest BCUT2D eigenvalue weighted by Gasteiger charge is -2.12. The molecule has 1 amide bonds. The normalized spacial score (nSPS) is 10.7. The minimum atomic E-state index is -0.516. The Morgan fingerprint density at radius 3 is 2.58 bits per heavy atom. The standard InChI is InChI=1S/C18H17N3O3/c1-2-21-16-5-3-4-15(19)13(16)10-14(18(21)24)17(23)20-11-6-8-12(22)9-7-11/h3-10,22H,2,19H2,1H3,(H,20,23). The van der Waals surface area contributed by atoms with E-state index in [2.05, 4.69) is 5.32 Å². The zero-order chi connectivity index (χ0) is 17.3. The maximum Gasteiger partial charge on any atom is 0.263 e. The van der Waals surface area contributed by atoms with Gasteiger partial charge >= 0.3 is 0 Å². The van der Waals surface area contributed by atoms with Crippen molar-refractivity contribution in [1.29, 1.82) is 0 Å². The van der Waals surface area contributed by atoms with Crippen LogP contribution in [0.2, 0.25) is 0 Å². The summed E-state index contributed by atoms with van der Waals surface area (Å²) in [5.41, 5.74) is 7.34. The molecule has 0 aliphatic heterocycles. The van der Waals surface area contributed by atoms with Gasteiger partial charge in [-0.1, -0.05) is 6.07 Å². The number of phenols is 1. The molecule has 3 rings (SSSR count). The van der Waals surface area contributed by atoms with Crippen molar-refractivity contribution in [3.05, 3.63) is 64.4 Å². The minimum Gasteiger partial charge on any atom is -0.508 e. The van der Waals surface area contributed by atoms with Crippen molar-refractivity contribution in [3.63, 3.8) is 0 Å². The Kier molecular flexibility index (Phi) is 3.95. The van der Waals surface area contributed by atoms with Crippen LogP contribution in [0.25, 0.3) is 10.9 Å². The zero-order valence-electron chi connectivity index (χ0n) is 13.1. The summed E-state index contributed by atoms with van der Waals surface area (Å²) in [6.07, 6.45) is 0. The first-order valence-electron chi connectivity index (χ1n) is 7.53. The van der Waals surface area contributed by atoms with Crippen molar-refractivity contribution in [1.82, 2.24) is 4.57 Å². The first-order valence-corrected chi connectivity index (χ1v) is 7.53. The van der Waals surface area contributed by atoms with E-state index in [1.54, 1.807) is 30.3 Å². The maximum atomic E-state index is 12.6. The molecule has 0 unspecified atom stereocenters. The van der Waals surface area contributed by atoms with Crippen LogP contribution in [0.4, 0.5) is 11.4 Å². The van der Waals surface area contributed by atoms with Gasteiger partial charge in [0.2, 0.25) is 0 Å². The number of aryl methyl sites for hydroxylation is 1. The topological polar surface area (TPSA) is 97.3 Å². The second-order valence-electron chi connectivity index (χ2n) is 5.39. The van der Waals surface area contributed by atoms with Crippen LogP contribution in [0.5, 0.6) is 5.75 Å². The molecule has 0 fully saturated rings. The number of amides is 1. The third-order valence-corrected chi connectivity index (χ3v) is 3.86. The number of hydrogen-bond donors (Lipinski definition) is 3. The fourth-order valence-electron chi connectivity index (χ4n) is 2.64. The molecule has 0 radical (unpaired) electrons. The van der Waals surface area contributed by atoms with Crippen LogP contribution in [-0.4, -0.2) is 15.6 Å². The van der Waals surface area contributed by atoms with Crippen molar-refractivity contribution in [2.45, 2.75) is 13.5 Å². The number of phenolic OH excluding ortho intramolecular Hbond substituents is 1. The summed E-state index contributed by atoms with van der Waals surface area (Å²) in [6, 6.07) is 12.9. The second-order valence-corrected chi connectivity index (χ2v) is 5.39. The number of carbonyl (C=O) groups is 1. The van der Waals surface area contributed by atoms with E-state index >= 15 is 0 Å². The molecule has 0 aliphatic carbocycles. The van der Waals surface area contributed by atoms with Crippen molar-refractivity contribution >= 4 is 28.2 Å². The lowest BCUT2D eigenvalue weighted by molar-refractivity contribution is 0.102. The molecular formula is C18H17N3O3. The highest BCUT2D eigenvalue weighted by Gasteiger charge is 2.16. The van der Waals surface area contributed by atoms with Gasteiger partial charge in [0.05, 0.1) is 5.52 Å². The Hall–Kier alpha value is -3.28. The van der Waals surface area contributed by atoms with Crippen LogP contribution in [-0.2, 0) is 6.54 Å². The predicted octanol–water partition coefficient (Wildman–Crippen LogP) is 2.56. The number of nitrogens with one attached hydrogen (secondary N) is 1. The summed E-state index contributed by atoms with van der Waals surface area (Å²) in [5, 5.41) is 12.6. The number of pyridine rings is 1. The molecule has 6 nitrogen and oxygen atoms in total. The molecule has 2 aromatic carbocycles. The third kappa shape index (κ3) is 2.69. The van der Waals surface area contributed by atoms with Gasteiger partial charge in [-0.25, -0.2) is 0 Å². The highest BCUT2D eigenvalue weighted by molar-refractivity contribution is 6.06. The van der Waals surface area contributed by atoms with E-state index in [9.17, 15) is 14.7 Å². The lowest BCUT2D eigenvalue weighted by Crippen LogP contribution is -2.29. The highest BCUT2D eigenvalue weighted by Crippen LogP contribution is 2.21. The predicted molar refractivity (Wildman–Crippen MR) is 94.4 cm³/mol. The van der Waals surface area contributed by atoms with Gasteiger partial charge in [0, 0.05) is 23.3 Å². The van der Waals surface area contributed by atoms with Gasteiger partial charge < -0.3 is 20.7 Å². The van der Waals surface area contributed by atoms with Crippen LogP contribution in [0, 0.1) is 0 Å². The second kappa shape index (κ2) is 6.08. The maximum absolute atomic E-state index is 12.6. The Balaban J connectivity index is 2.10. The summed E-state index contributed by atoms with van der Waals surface area (Å²) >= 11 is 0. The monoisotopic (exact) mass is 323 g/mol. The fourth-order valence-corrected chi connectivity index (χ4v) is 2.64. The number of aromatic nitrogens is 1. The average molecular weight is 323 g/mol. The quantitative estimate of drug-likeness (QED) is 0.510. The van der Waals surface area contributed by atoms with E-state index in [0.29, 0.717) is 28.8 Å². The van der Waals surface area contributed by atoms with Crippen LogP contribution < -0.4 is 16.6 Å². The molecule has 0 saturated carbocycles. The highest BCUT2D eigenvalue weighted by atomic mass is 16.3. The summed E-state index contributed by atoms with van der Waals surface area (Å²) in [4.78, 5) is 25.1. The zero-order valence-corrected chi connectivity index (χ0v) is 13.1. The molecule has 4 N–H and O–H groups in total. The summed E-state index contributed by atoms with van der Waals surface area (Å²) in [7, 11) is 0. The molecule has 3 aromatic rings. The van der Waals surface area contributed by atoms with E-state index in [1.165, 1.54) is 22.8 Å². The molecule has 0 aliphatic rings. The third-order valence-electron chi connectivity index (χ3n) is 3.86. The molecule has 0 atom stereocenters. The number of hydrogen-bond acceptors (Lipinski definition) is 4. The van der Waals surface area contributed by atoms with Crippen molar-refractivity contribution < 1.29 is 9.90 Å². The van der Waals surface area contributed by atoms with Crippen molar-refractivity contribution in [3.8, 4) is 5.75 Å². The molecule has 1 aromatic heterocycles. The molecule has 24 heavy (non-hydrogen) atoms. The van der Waals surface area contributed by atoms with E-state index in [1.807, 2.05) is 6.92 Å². The van der Waals surface area contributed by atoms with Gasteiger partial charge in [-0.15, -0.1) is 0 Å². The summed E-state index contributed by atoms with van der Waals surface area (Å²) in [5.74, 6) is -0.419. The average Bonchev–Trinajstić information content (AvgIpc) is 2.57. The van der Waals surface area contributed by atoms with E-state index < -0.39 is 5.91 Å². The smallest absolute Gasteiger partial charge is 0.263 e. The molecule has 0 bridgehead atoms. The van der Waals surface area contributed by atoms with Crippen LogP contribution in [0.15, 0.2) is 53.3 Å². The number of benzene rings is 2. The minimum absolute atomic E-state index is 0.0234. The SMILES string of the molecule is CCn1c(=O)c(C(=O)Nc2ccc(O)cc2)cc2c(N)cccc21. The molecule has 0 saturated heterocycles. The number of nitrogen functional groups attached to an aromatic ring is 1. The molecular weight excluding hydrogens is 306 g/mol. The van der Waals surface area contributed by atoms with Gasteiger partial charge in [0.15, 0.2) is 0 Å². The van der Waals surface area contributed by atoms with Gasteiger partial charge in [-0.2, -0.15) is 0 Å². The Morgan fingerprint density at radius 1 is 1.21 bits per heavy atom. The number of nitrogens with two attached hydrogens (primary N) is 1. The van der Waals surface area contributed by atoms with E-state index in [0.717, 1.165) is 0 Å². The van der Waals surface area contributed by atoms with Crippen LogP contribution in [0.3, 0.4) is 0 Å². The first-order chi connectivity index (χ1) is 11.5. The molecule has 122 valence electrons. The van der Waals surface area contributed by atoms with Gasteiger partial charge in [0.1, 0.15) is 11.3 Å². The summed E-state index contributed by atoms with van der Waals surface area (Å²) in [6.45, 7) is 2.27. The summed E-state index contributed by atoms with van der Waals surface area (Å²) < 4.78 is 1.53. The van der Waals surface area contributed by atoms with Gasteiger partial charge in [-0.05, 0) is 49.4 Å². The fraction of sp³-hybridized carbons (Fsp3) is 0.111. The number of aromatic hydroxyl groups is 1. The molecule has 1 heterocycles. The van der Waals surface area contributed by atoms with Crippen molar-refractivity contribution in [2.75, 3.05) is 11.1 Å². The number of carbonyl (C=O) groups excluding carboxylic acids is 1. The van der Waals surface area contributed by atoms with Gasteiger partial charge in [0.25, 0.3) is 11.5 Å². The van der Waals surface area contributed by atoms with Crippen molar-refractivity contribution in [2.24, 2.45) is 0 Å². The number of fused-ring (bicyclic) bond motifs is 1. The largest absolute Gasteiger partial charge is 0.508 e. The van der Waals surface area contributed by atoms with E-state index in [4.69, 9.17) is 5.73 Å². The molecule has 0 spiro atoms.